The topological polar surface area (TPSA) is 51.2 Å². The molecule has 0 fully saturated rings. The van der Waals surface area contributed by atoms with E-state index in [1.807, 2.05) is 19.1 Å². The zero-order valence-electron chi connectivity index (χ0n) is 10.1. The Balaban J connectivity index is 2.71. The second kappa shape index (κ2) is 4.41. The highest BCUT2D eigenvalue weighted by molar-refractivity contribution is 6.01. The molecule has 1 N–H and O–H groups in total. The van der Waals surface area contributed by atoms with Crippen LogP contribution in [-0.2, 0) is 4.79 Å². The molecule has 1 aromatic heterocycles. The standard InChI is InChI=1S/C13H14N2O2/c1-8-4-5-14-13-11(8)6-10(17-3)7-12(13)15-9(2)16/h4-7H,1-3H3,(H,15,16). The van der Waals surface area contributed by atoms with Crippen molar-refractivity contribution in [3.05, 3.63) is 30.0 Å². The Labute approximate surface area is 99.6 Å². The molecule has 4 heteroatoms. The maximum atomic E-state index is 11.2. The number of amides is 1. The third-order valence-electron chi connectivity index (χ3n) is 2.58. The van der Waals surface area contributed by atoms with E-state index in [4.69, 9.17) is 4.74 Å². The first-order valence-electron chi connectivity index (χ1n) is 5.33. The van der Waals surface area contributed by atoms with Crippen LogP contribution in [0.15, 0.2) is 24.4 Å². The monoisotopic (exact) mass is 230 g/mol. The molecule has 17 heavy (non-hydrogen) atoms. The Kier molecular flexibility index (Phi) is 2.95. The van der Waals surface area contributed by atoms with Gasteiger partial charge >= 0.3 is 0 Å². The Morgan fingerprint density at radius 2 is 2.18 bits per heavy atom. The van der Waals surface area contributed by atoms with Crippen LogP contribution in [-0.4, -0.2) is 18.0 Å². The van der Waals surface area contributed by atoms with E-state index in [1.165, 1.54) is 6.92 Å². The van der Waals surface area contributed by atoms with Gasteiger partial charge in [-0.3, -0.25) is 9.78 Å². The molecule has 1 heterocycles. The van der Waals surface area contributed by atoms with Crippen molar-refractivity contribution in [3.63, 3.8) is 0 Å². The molecule has 1 aromatic carbocycles. The van der Waals surface area contributed by atoms with E-state index < -0.39 is 0 Å². The van der Waals surface area contributed by atoms with Gasteiger partial charge in [-0.15, -0.1) is 0 Å². The lowest BCUT2D eigenvalue weighted by Gasteiger charge is -2.10. The van der Waals surface area contributed by atoms with Crippen molar-refractivity contribution in [1.29, 1.82) is 0 Å². The van der Waals surface area contributed by atoms with Gasteiger partial charge in [0.05, 0.1) is 18.3 Å². The zero-order valence-corrected chi connectivity index (χ0v) is 10.1. The first-order chi connectivity index (χ1) is 8.11. The van der Waals surface area contributed by atoms with Crippen molar-refractivity contribution in [3.8, 4) is 5.75 Å². The molecule has 0 aliphatic carbocycles. The Morgan fingerprint density at radius 1 is 1.41 bits per heavy atom. The Morgan fingerprint density at radius 3 is 2.82 bits per heavy atom. The molecule has 0 saturated carbocycles. The summed E-state index contributed by atoms with van der Waals surface area (Å²) in [7, 11) is 1.60. The summed E-state index contributed by atoms with van der Waals surface area (Å²) in [5.74, 6) is 0.584. The lowest BCUT2D eigenvalue weighted by atomic mass is 10.1. The van der Waals surface area contributed by atoms with Gasteiger partial charge < -0.3 is 10.1 Å². The van der Waals surface area contributed by atoms with Gasteiger partial charge in [-0.25, -0.2) is 0 Å². The summed E-state index contributed by atoms with van der Waals surface area (Å²) in [6.07, 6.45) is 1.73. The van der Waals surface area contributed by atoms with Crippen LogP contribution in [0.1, 0.15) is 12.5 Å². The average molecular weight is 230 g/mol. The summed E-state index contributed by atoms with van der Waals surface area (Å²) >= 11 is 0. The molecule has 0 saturated heterocycles. The number of aryl methyl sites for hydroxylation is 1. The molecule has 4 nitrogen and oxygen atoms in total. The lowest BCUT2D eigenvalue weighted by molar-refractivity contribution is -0.114. The van der Waals surface area contributed by atoms with Gasteiger partial charge in [0.25, 0.3) is 0 Å². The average Bonchev–Trinajstić information content (AvgIpc) is 2.29. The van der Waals surface area contributed by atoms with E-state index in [9.17, 15) is 4.79 Å². The van der Waals surface area contributed by atoms with Gasteiger partial charge in [0.2, 0.25) is 5.91 Å². The van der Waals surface area contributed by atoms with E-state index >= 15 is 0 Å². The van der Waals surface area contributed by atoms with Crippen molar-refractivity contribution in [2.24, 2.45) is 0 Å². The number of fused-ring (bicyclic) bond motifs is 1. The van der Waals surface area contributed by atoms with Crippen LogP contribution >= 0.6 is 0 Å². The third-order valence-corrected chi connectivity index (χ3v) is 2.58. The maximum Gasteiger partial charge on any atom is 0.221 e. The number of hydrogen-bond acceptors (Lipinski definition) is 3. The Bertz CT molecular complexity index is 579. The molecule has 0 spiro atoms. The maximum absolute atomic E-state index is 11.2. The molecule has 0 unspecified atom stereocenters. The number of pyridine rings is 1. The van der Waals surface area contributed by atoms with Crippen LogP contribution in [0, 0.1) is 6.92 Å². The third kappa shape index (κ3) is 2.20. The number of carbonyl (C=O) groups is 1. The fourth-order valence-electron chi connectivity index (χ4n) is 1.76. The normalized spacial score (nSPS) is 10.3. The number of methoxy groups -OCH3 is 1. The van der Waals surface area contributed by atoms with Crippen LogP contribution in [0.4, 0.5) is 5.69 Å². The first kappa shape index (κ1) is 11.4. The largest absolute Gasteiger partial charge is 0.497 e. The predicted octanol–water partition coefficient (Wildman–Crippen LogP) is 2.51. The van der Waals surface area contributed by atoms with Crippen LogP contribution in [0.3, 0.4) is 0 Å². The van der Waals surface area contributed by atoms with Gasteiger partial charge in [-0.1, -0.05) is 0 Å². The predicted molar refractivity (Wildman–Crippen MR) is 67.3 cm³/mol. The first-order valence-corrected chi connectivity index (χ1v) is 5.33. The zero-order chi connectivity index (χ0) is 12.4. The van der Waals surface area contributed by atoms with E-state index in [2.05, 4.69) is 10.3 Å². The summed E-state index contributed by atoms with van der Waals surface area (Å²) in [5.41, 5.74) is 2.55. The highest BCUT2D eigenvalue weighted by Crippen LogP contribution is 2.29. The molecular formula is C13H14N2O2. The smallest absolute Gasteiger partial charge is 0.221 e. The summed E-state index contributed by atoms with van der Waals surface area (Å²) in [5, 5.41) is 3.75. The lowest BCUT2D eigenvalue weighted by Crippen LogP contribution is -2.07. The fourth-order valence-corrected chi connectivity index (χ4v) is 1.76. The quantitative estimate of drug-likeness (QED) is 0.862. The molecule has 0 aliphatic heterocycles. The van der Waals surface area contributed by atoms with Gasteiger partial charge in [0.1, 0.15) is 5.75 Å². The second-order valence-electron chi connectivity index (χ2n) is 3.88. The van der Waals surface area contributed by atoms with Crippen LogP contribution in [0.25, 0.3) is 10.9 Å². The number of rotatable bonds is 2. The van der Waals surface area contributed by atoms with E-state index in [-0.39, 0.29) is 5.91 Å². The van der Waals surface area contributed by atoms with Gasteiger partial charge in [-0.05, 0) is 24.6 Å². The van der Waals surface area contributed by atoms with E-state index in [1.54, 1.807) is 19.4 Å². The Hall–Kier alpha value is -2.10. The highest BCUT2D eigenvalue weighted by Gasteiger charge is 2.08. The summed E-state index contributed by atoms with van der Waals surface area (Å²) in [6, 6.07) is 5.62. The minimum absolute atomic E-state index is 0.122. The number of anilines is 1. The molecule has 88 valence electrons. The van der Waals surface area contributed by atoms with Crippen molar-refractivity contribution in [2.45, 2.75) is 13.8 Å². The number of benzene rings is 1. The molecule has 0 aliphatic rings. The molecular weight excluding hydrogens is 216 g/mol. The van der Waals surface area contributed by atoms with Crippen LogP contribution < -0.4 is 10.1 Å². The molecule has 0 atom stereocenters. The highest BCUT2D eigenvalue weighted by atomic mass is 16.5. The summed E-state index contributed by atoms with van der Waals surface area (Å²) < 4.78 is 5.22. The minimum atomic E-state index is -0.122. The minimum Gasteiger partial charge on any atom is -0.497 e. The van der Waals surface area contributed by atoms with Crippen molar-refractivity contribution < 1.29 is 9.53 Å². The number of hydrogen-bond donors (Lipinski definition) is 1. The molecule has 2 aromatic rings. The molecule has 1 amide bonds. The van der Waals surface area contributed by atoms with Crippen LogP contribution in [0.2, 0.25) is 0 Å². The van der Waals surface area contributed by atoms with Crippen molar-refractivity contribution in [2.75, 3.05) is 12.4 Å². The number of ether oxygens (including phenoxy) is 1. The van der Waals surface area contributed by atoms with Crippen molar-refractivity contribution in [1.82, 2.24) is 4.98 Å². The van der Waals surface area contributed by atoms with Gasteiger partial charge in [0, 0.05) is 24.6 Å². The van der Waals surface area contributed by atoms with Gasteiger partial charge in [0.15, 0.2) is 0 Å². The molecule has 2 rings (SSSR count). The SMILES string of the molecule is COc1cc(NC(C)=O)c2nccc(C)c2c1. The number of carbonyl (C=O) groups excluding carboxylic acids is 1. The fraction of sp³-hybridized carbons (Fsp3) is 0.231. The van der Waals surface area contributed by atoms with Crippen molar-refractivity contribution >= 4 is 22.5 Å². The summed E-state index contributed by atoms with van der Waals surface area (Å²) in [4.78, 5) is 15.5. The number of nitrogens with zero attached hydrogens (tertiary/aromatic N) is 1. The molecule has 0 radical (unpaired) electrons. The number of nitrogens with one attached hydrogen (secondary N) is 1. The molecule has 0 bridgehead atoms. The second-order valence-corrected chi connectivity index (χ2v) is 3.88. The van der Waals surface area contributed by atoms with E-state index in [0.29, 0.717) is 11.4 Å². The summed E-state index contributed by atoms with van der Waals surface area (Å²) in [6.45, 7) is 3.47. The van der Waals surface area contributed by atoms with E-state index in [0.717, 1.165) is 16.5 Å². The van der Waals surface area contributed by atoms with Crippen LogP contribution in [0.5, 0.6) is 5.75 Å². The van der Waals surface area contributed by atoms with Gasteiger partial charge in [-0.2, -0.15) is 0 Å². The number of aromatic nitrogens is 1.